The number of nitrogens with one attached hydrogen (secondary N) is 1. The molecule has 0 aliphatic rings. The number of nitrogens with zero attached hydrogens (tertiary/aromatic N) is 3. The van der Waals surface area contributed by atoms with E-state index in [4.69, 9.17) is 4.74 Å². The van der Waals surface area contributed by atoms with Crippen molar-refractivity contribution in [3.63, 3.8) is 0 Å². The zero-order valence-corrected chi connectivity index (χ0v) is 10.4. The number of hydrogen-bond donors (Lipinski definition) is 1. The largest absolute Gasteiger partial charge is 0.383 e. The highest BCUT2D eigenvalue weighted by atomic mass is 32.1. The van der Waals surface area contributed by atoms with Crippen molar-refractivity contribution in [2.45, 2.75) is 6.54 Å². The van der Waals surface area contributed by atoms with E-state index >= 15 is 0 Å². The quantitative estimate of drug-likeness (QED) is 0.784. The Hall–Kier alpha value is -1.37. The van der Waals surface area contributed by atoms with Gasteiger partial charge in [-0.1, -0.05) is 11.3 Å². The van der Waals surface area contributed by atoms with Crippen LogP contribution in [0.3, 0.4) is 0 Å². The maximum atomic E-state index is 4.95. The van der Waals surface area contributed by atoms with Gasteiger partial charge in [-0.3, -0.25) is 4.98 Å². The average molecular weight is 250 g/mol. The Labute approximate surface area is 104 Å². The van der Waals surface area contributed by atoms with Crippen molar-refractivity contribution in [1.29, 1.82) is 0 Å². The smallest absolute Gasteiger partial charge is 0.147 e. The molecule has 0 aromatic carbocycles. The van der Waals surface area contributed by atoms with Crippen LogP contribution in [0, 0.1) is 0 Å². The van der Waals surface area contributed by atoms with Crippen LogP contribution in [0.4, 0.5) is 0 Å². The Morgan fingerprint density at radius 2 is 2.12 bits per heavy atom. The summed E-state index contributed by atoms with van der Waals surface area (Å²) in [5.41, 5.74) is 1.06. The minimum Gasteiger partial charge on any atom is -0.383 e. The van der Waals surface area contributed by atoms with Gasteiger partial charge in [-0.05, 0) is 12.1 Å². The molecular formula is C11H14N4OS. The Kier molecular flexibility index (Phi) is 4.54. The van der Waals surface area contributed by atoms with Crippen molar-refractivity contribution in [1.82, 2.24) is 20.5 Å². The molecule has 0 aliphatic heterocycles. The first kappa shape index (κ1) is 12.1. The molecule has 0 saturated heterocycles. The van der Waals surface area contributed by atoms with Gasteiger partial charge in [0.2, 0.25) is 0 Å². The second kappa shape index (κ2) is 6.39. The molecule has 0 aliphatic carbocycles. The second-order valence-electron chi connectivity index (χ2n) is 3.41. The van der Waals surface area contributed by atoms with Gasteiger partial charge in [0.05, 0.1) is 6.61 Å². The number of ether oxygens (including phenoxy) is 1. The highest BCUT2D eigenvalue weighted by Crippen LogP contribution is 2.22. The van der Waals surface area contributed by atoms with Crippen LogP contribution in [0.5, 0.6) is 0 Å². The monoisotopic (exact) mass is 250 g/mol. The molecule has 0 spiro atoms. The van der Waals surface area contributed by atoms with Crippen LogP contribution in [0.2, 0.25) is 0 Å². The summed E-state index contributed by atoms with van der Waals surface area (Å²) >= 11 is 1.59. The lowest BCUT2D eigenvalue weighted by Gasteiger charge is -1.99. The maximum absolute atomic E-state index is 4.95. The fourth-order valence-electron chi connectivity index (χ4n) is 1.31. The summed E-state index contributed by atoms with van der Waals surface area (Å²) in [5, 5.41) is 13.4. The molecule has 5 nitrogen and oxygen atoms in total. The SMILES string of the molecule is COCCNCc1nnc(-c2ccncc2)s1. The molecule has 2 aromatic heterocycles. The van der Waals surface area contributed by atoms with Gasteiger partial charge >= 0.3 is 0 Å². The van der Waals surface area contributed by atoms with Crippen LogP contribution in [0.15, 0.2) is 24.5 Å². The maximum Gasteiger partial charge on any atom is 0.147 e. The molecule has 2 aromatic rings. The van der Waals surface area contributed by atoms with Gasteiger partial charge < -0.3 is 10.1 Å². The number of rotatable bonds is 6. The fourth-order valence-corrected chi connectivity index (χ4v) is 2.12. The third kappa shape index (κ3) is 3.55. The van der Waals surface area contributed by atoms with Crippen LogP contribution in [-0.4, -0.2) is 35.4 Å². The van der Waals surface area contributed by atoms with E-state index in [1.165, 1.54) is 0 Å². The normalized spacial score (nSPS) is 10.6. The van der Waals surface area contributed by atoms with Gasteiger partial charge in [-0.2, -0.15) is 0 Å². The van der Waals surface area contributed by atoms with E-state index in [9.17, 15) is 0 Å². The molecule has 0 unspecified atom stereocenters. The zero-order valence-electron chi connectivity index (χ0n) is 9.59. The highest BCUT2D eigenvalue weighted by Gasteiger charge is 2.05. The third-order valence-electron chi connectivity index (χ3n) is 2.15. The molecule has 0 amide bonds. The molecule has 0 bridgehead atoms. The van der Waals surface area contributed by atoms with Crippen LogP contribution in [0.25, 0.3) is 10.6 Å². The van der Waals surface area contributed by atoms with Gasteiger partial charge in [-0.25, -0.2) is 0 Å². The van der Waals surface area contributed by atoms with E-state index in [-0.39, 0.29) is 0 Å². The zero-order chi connectivity index (χ0) is 11.9. The van der Waals surface area contributed by atoms with Crippen LogP contribution in [-0.2, 0) is 11.3 Å². The van der Waals surface area contributed by atoms with Crippen LogP contribution >= 0.6 is 11.3 Å². The molecule has 6 heteroatoms. The molecule has 90 valence electrons. The van der Waals surface area contributed by atoms with E-state index in [2.05, 4.69) is 20.5 Å². The van der Waals surface area contributed by atoms with Gasteiger partial charge in [-0.15, -0.1) is 10.2 Å². The second-order valence-corrected chi connectivity index (χ2v) is 4.47. The standard InChI is InChI=1S/C11H14N4OS/c1-16-7-6-13-8-10-14-15-11(17-10)9-2-4-12-5-3-9/h2-5,13H,6-8H2,1H3. The number of hydrogen-bond acceptors (Lipinski definition) is 6. The summed E-state index contributed by atoms with van der Waals surface area (Å²) in [6, 6.07) is 3.87. The Morgan fingerprint density at radius 1 is 1.29 bits per heavy atom. The Morgan fingerprint density at radius 3 is 2.88 bits per heavy atom. The lowest BCUT2D eigenvalue weighted by atomic mass is 10.3. The fraction of sp³-hybridized carbons (Fsp3) is 0.364. The summed E-state index contributed by atoms with van der Waals surface area (Å²) in [6.45, 7) is 2.25. The number of pyridine rings is 1. The molecule has 0 radical (unpaired) electrons. The van der Waals surface area contributed by atoms with Crippen molar-refractivity contribution in [3.05, 3.63) is 29.5 Å². The molecule has 0 fully saturated rings. The number of methoxy groups -OCH3 is 1. The molecule has 17 heavy (non-hydrogen) atoms. The van der Waals surface area contributed by atoms with E-state index < -0.39 is 0 Å². The van der Waals surface area contributed by atoms with Gasteiger partial charge in [0.15, 0.2) is 0 Å². The third-order valence-corrected chi connectivity index (χ3v) is 3.13. The van der Waals surface area contributed by atoms with Crippen LogP contribution in [0.1, 0.15) is 5.01 Å². The van der Waals surface area contributed by atoms with Gasteiger partial charge in [0.1, 0.15) is 10.0 Å². The van der Waals surface area contributed by atoms with Crippen molar-refractivity contribution in [2.24, 2.45) is 0 Å². The molecule has 0 saturated carbocycles. The topological polar surface area (TPSA) is 59.9 Å². The van der Waals surface area contributed by atoms with Crippen molar-refractivity contribution in [2.75, 3.05) is 20.3 Å². The molecule has 2 heterocycles. The molecule has 1 N–H and O–H groups in total. The minimum absolute atomic E-state index is 0.704. The summed E-state index contributed by atoms with van der Waals surface area (Å²) in [5.74, 6) is 0. The van der Waals surface area contributed by atoms with Crippen molar-refractivity contribution < 1.29 is 4.74 Å². The van der Waals surface area contributed by atoms with Crippen LogP contribution < -0.4 is 5.32 Å². The van der Waals surface area contributed by atoms with Crippen molar-refractivity contribution in [3.8, 4) is 10.6 Å². The highest BCUT2D eigenvalue weighted by molar-refractivity contribution is 7.14. The lowest BCUT2D eigenvalue weighted by Crippen LogP contribution is -2.18. The first-order valence-corrected chi connectivity index (χ1v) is 6.14. The van der Waals surface area contributed by atoms with E-state index in [0.717, 1.165) is 28.7 Å². The van der Waals surface area contributed by atoms with E-state index in [0.29, 0.717) is 6.61 Å². The lowest BCUT2D eigenvalue weighted by molar-refractivity contribution is 0.199. The Bertz CT molecular complexity index is 446. The van der Waals surface area contributed by atoms with E-state index in [1.807, 2.05) is 12.1 Å². The summed E-state index contributed by atoms with van der Waals surface area (Å²) < 4.78 is 4.95. The predicted molar refractivity (Wildman–Crippen MR) is 66.7 cm³/mol. The minimum atomic E-state index is 0.704. The summed E-state index contributed by atoms with van der Waals surface area (Å²) in [7, 11) is 1.69. The first-order valence-electron chi connectivity index (χ1n) is 5.32. The van der Waals surface area contributed by atoms with Crippen molar-refractivity contribution >= 4 is 11.3 Å². The number of aromatic nitrogens is 3. The van der Waals surface area contributed by atoms with Gasteiger partial charge in [0, 0.05) is 38.2 Å². The molecule has 0 atom stereocenters. The summed E-state index contributed by atoms with van der Waals surface area (Å²) in [6.07, 6.45) is 3.51. The summed E-state index contributed by atoms with van der Waals surface area (Å²) in [4.78, 5) is 3.98. The molecular weight excluding hydrogens is 236 g/mol. The first-order chi connectivity index (χ1) is 8.40. The predicted octanol–water partition coefficient (Wildman–Crippen LogP) is 1.34. The Balaban J connectivity index is 1.92. The average Bonchev–Trinajstić information content (AvgIpc) is 2.85. The van der Waals surface area contributed by atoms with Gasteiger partial charge in [0.25, 0.3) is 0 Å². The van der Waals surface area contributed by atoms with E-state index in [1.54, 1.807) is 30.8 Å². The molecule has 2 rings (SSSR count).